The molecule has 8 nitrogen and oxygen atoms in total. The third kappa shape index (κ3) is 4.69. The standard InChI is InChI=1S/C22H28N4O4/c1-4-5-11-25-12-13-26(22(29)21(25)28)19(17-9-7-6-8-10-17)20(27)24(3)15-18-14-16(2)30-23-18/h6-10,14,19H,4-5,11-13,15H2,1-3H3/t19-/m0/s1. The monoisotopic (exact) mass is 412 g/mol. The zero-order valence-corrected chi connectivity index (χ0v) is 17.7. The summed E-state index contributed by atoms with van der Waals surface area (Å²) in [6.07, 6.45) is 1.79. The number of carbonyl (C=O) groups is 3. The van der Waals surface area contributed by atoms with Crippen molar-refractivity contribution in [3.8, 4) is 0 Å². The molecule has 0 saturated carbocycles. The first-order chi connectivity index (χ1) is 14.4. The molecule has 1 fully saturated rings. The molecule has 2 aromatic rings. The van der Waals surface area contributed by atoms with Gasteiger partial charge in [0, 0.05) is 32.7 Å². The summed E-state index contributed by atoms with van der Waals surface area (Å²) in [5.41, 5.74) is 1.30. The van der Waals surface area contributed by atoms with Crippen LogP contribution < -0.4 is 0 Å². The lowest BCUT2D eigenvalue weighted by Crippen LogP contribution is -2.57. The normalized spacial score (nSPS) is 15.4. The number of likely N-dealkylation sites (N-methyl/N-ethyl adjacent to an activating group) is 1. The summed E-state index contributed by atoms with van der Waals surface area (Å²) in [5.74, 6) is -0.789. The van der Waals surface area contributed by atoms with Crippen LogP contribution in [0.4, 0.5) is 0 Å². The maximum atomic E-state index is 13.4. The van der Waals surface area contributed by atoms with Crippen LogP contribution in [0.1, 0.15) is 42.8 Å². The van der Waals surface area contributed by atoms with Crippen molar-refractivity contribution in [3.05, 3.63) is 53.4 Å². The molecule has 0 unspecified atom stereocenters. The Hall–Kier alpha value is -3.16. The molecule has 30 heavy (non-hydrogen) atoms. The second-order valence-electron chi connectivity index (χ2n) is 7.58. The van der Waals surface area contributed by atoms with Gasteiger partial charge in [-0.05, 0) is 18.9 Å². The van der Waals surface area contributed by atoms with E-state index in [0.29, 0.717) is 36.7 Å². The van der Waals surface area contributed by atoms with Crippen LogP contribution in [-0.4, -0.2) is 64.3 Å². The quantitative estimate of drug-likeness (QED) is 0.620. The zero-order valence-electron chi connectivity index (χ0n) is 17.7. The minimum atomic E-state index is -0.867. The largest absolute Gasteiger partial charge is 0.361 e. The summed E-state index contributed by atoms with van der Waals surface area (Å²) in [7, 11) is 1.66. The van der Waals surface area contributed by atoms with E-state index in [-0.39, 0.29) is 12.5 Å². The molecule has 0 spiro atoms. The summed E-state index contributed by atoms with van der Waals surface area (Å²) in [5, 5.41) is 3.94. The fourth-order valence-corrected chi connectivity index (χ4v) is 3.61. The van der Waals surface area contributed by atoms with Gasteiger partial charge in [-0.1, -0.05) is 48.8 Å². The number of unbranched alkanes of at least 4 members (excludes halogenated alkanes) is 1. The number of carbonyl (C=O) groups excluding carboxylic acids is 3. The number of benzene rings is 1. The average molecular weight is 412 g/mol. The van der Waals surface area contributed by atoms with Crippen molar-refractivity contribution in [2.75, 3.05) is 26.7 Å². The van der Waals surface area contributed by atoms with Crippen LogP contribution in [0.5, 0.6) is 0 Å². The molecule has 0 bridgehead atoms. The Bertz CT molecular complexity index is 896. The fraction of sp³-hybridized carbons (Fsp3) is 0.455. The molecule has 2 heterocycles. The zero-order chi connectivity index (χ0) is 21.7. The van der Waals surface area contributed by atoms with Gasteiger partial charge in [0.25, 0.3) is 0 Å². The molecular formula is C22H28N4O4. The van der Waals surface area contributed by atoms with Gasteiger partial charge in [-0.3, -0.25) is 14.4 Å². The topological polar surface area (TPSA) is 87.0 Å². The van der Waals surface area contributed by atoms with E-state index >= 15 is 0 Å². The predicted octanol–water partition coefficient (Wildman–Crippen LogP) is 2.15. The molecule has 0 radical (unpaired) electrons. The smallest absolute Gasteiger partial charge is 0.313 e. The van der Waals surface area contributed by atoms with Gasteiger partial charge in [-0.25, -0.2) is 0 Å². The van der Waals surface area contributed by atoms with E-state index < -0.39 is 17.9 Å². The van der Waals surface area contributed by atoms with Crippen molar-refractivity contribution in [2.24, 2.45) is 0 Å². The summed E-state index contributed by atoms with van der Waals surface area (Å²) in [4.78, 5) is 43.5. The van der Waals surface area contributed by atoms with E-state index in [2.05, 4.69) is 5.16 Å². The number of nitrogens with zero attached hydrogens (tertiary/aromatic N) is 4. The van der Waals surface area contributed by atoms with Crippen molar-refractivity contribution in [1.29, 1.82) is 0 Å². The number of amides is 3. The second kappa shape index (κ2) is 9.56. The first-order valence-electron chi connectivity index (χ1n) is 10.2. The van der Waals surface area contributed by atoms with E-state index in [1.165, 1.54) is 9.80 Å². The van der Waals surface area contributed by atoms with Gasteiger partial charge < -0.3 is 19.2 Å². The molecule has 3 amide bonds. The summed E-state index contributed by atoms with van der Waals surface area (Å²) < 4.78 is 5.08. The number of aromatic nitrogens is 1. The highest BCUT2D eigenvalue weighted by Crippen LogP contribution is 2.26. The lowest BCUT2D eigenvalue weighted by atomic mass is 10.0. The van der Waals surface area contributed by atoms with Crippen LogP contribution in [0.15, 0.2) is 40.9 Å². The van der Waals surface area contributed by atoms with Crippen molar-refractivity contribution in [2.45, 2.75) is 39.3 Å². The Kier molecular flexibility index (Phi) is 6.87. The average Bonchev–Trinajstić information content (AvgIpc) is 3.16. The number of piperazine rings is 1. The molecule has 3 rings (SSSR count). The van der Waals surface area contributed by atoms with Gasteiger partial charge in [-0.15, -0.1) is 0 Å². The van der Waals surface area contributed by atoms with E-state index in [9.17, 15) is 14.4 Å². The molecule has 1 saturated heterocycles. The number of hydrogen-bond donors (Lipinski definition) is 0. The van der Waals surface area contributed by atoms with Crippen LogP contribution in [0.3, 0.4) is 0 Å². The Morgan fingerprint density at radius 3 is 2.57 bits per heavy atom. The highest BCUT2D eigenvalue weighted by Gasteiger charge is 2.40. The Morgan fingerprint density at radius 1 is 1.20 bits per heavy atom. The van der Waals surface area contributed by atoms with Crippen molar-refractivity contribution in [1.82, 2.24) is 19.9 Å². The predicted molar refractivity (Wildman–Crippen MR) is 110 cm³/mol. The third-order valence-corrected chi connectivity index (χ3v) is 5.24. The Morgan fingerprint density at radius 2 is 1.93 bits per heavy atom. The van der Waals surface area contributed by atoms with E-state index in [0.717, 1.165) is 12.8 Å². The Balaban J connectivity index is 1.83. The van der Waals surface area contributed by atoms with Gasteiger partial charge >= 0.3 is 11.8 Å². The lowest BCUT2D eigenvalue weighted by Gasteiger charge is -2.39. The molecule has 1 aromatic heterocycles. The van der Waals surface area contributed by atoms with Gasteiger partial charge in [0.1, 0.15) is 17.5 Å². The van der Waals surface area contributed by atoms with E-state index in [1.54, 1.807) is 37.1 Å². The maximum absolute atomic E-state index is 13.4. The summed E-state index contributed by atoms with van der Waals surface area (Å²) >= 11 is 0. The number of rotatable bonds is 8. The molecule has 1 aromatic carbocycles. The van der Waals surface area contributed by atoms with E-state index in [4.69, 9.17) is 4.52 Å². The van der Waals surface area contributed by atoms with Gasteiger partial charge in [-0.2, -0.15) is 0 Å². The first kappa shape index (κ1) is 21.5. The molecule has 1 aliphatic heterocycles. The fourth-order valence-electron chi connectivity index (χ4n) is 3.61. The molecular weight excluding hydrogens is 384 g/mol. The van der Waals surface area contributed by atoms with Crippen molar-refractivity contribution >= 4 is 17.7 Å². The highest BCUT2D eigenvalue weighted by atomic mass is 16.5. The van der Waals surface area contributed by atoms with Gasteiger partial charge in [0.2, 0.25) is 5.91 Å². The molecule has 1 atom stereocenters. The highest BCUT2D eigenvalue weighted by molar-refractivity contribution is 6.35. The van der Waals surface area contributed by atoms with Crippen LogP contribution >= 0.6 is 0 Å². The lowest BCUT2D eigenvalue weighted by molar-refractivity contribution is -0.161. The van der Waals surface area contributed by atoms with E-state index in [1.807, 2.05) is 25.1 Å². The minimum Gasteiger partial charge on any atom is -0.361 e. The Labute approximate surface area is 176 Å². The molecule has 0 N–H and O–H groups in total. The van der Waals surface area contributed by atoms with Crippen LogP contribution in [-0.2, 0) is 20.9 Å². The van der Waals surface area contributed by atoms with Gasteiger partial charge in [0.05, 0.1) is 6.54 Å². The minimum absolute atomic E-state index is 0.248. The van der Waals surface area contributed by atoms with Crippen molar-refractivity contribution in [3.63, 3.8) is 0 Å². The van der Waals surface area contributed by atoms with Crippen molar-refractivity contribution < 1.29 is 18.9 Å². The molecule has 0 aliphatic carbocycles. The van der Waals surface area contributed by atoms with Crippen LogP contribution in [0.2, 0.25) is 0 Å². The van der Waals surface area contributed by atoms with Gasteiger partial charge in [0.15, 0.2) is 0 Å². The molecule has 1 aliphatic rings. The van der Waals surface area contributed by atoms with Crippen LogP contribution in [0, 0.1) is 6.92 Å². The molecule has 8 heteroatoms. The summed E-state index contributed by atoms with van der Waals surface area (Å²) in [6.45, 7) is 5.37. The maximum Gasteiger partial charge on any atom is 0.313 e. The first-order valence-corrected chi connectivity index (χ1v) is 10.2. The third-order valence-electron chi connectivity index (χ3n) is 5.24. The van der Waals surface area contributed by atoms with Crippen LogP contribution in [0.25, 0.3) is 0 Å². The summed E-state index contributed by atoms with van der Waals surface area (Å²) in [6, 6.07) is 10.00. The number of aryl methyl sites for hydroxylation is 1. The number of hydrogen-bond acceptors (Lipinski definition) is 5. The SMILES string of the molecule is CCCCN1CCN([C@H](C(=O)N(C)Cc2cc(C)on2)c2ccccc2)C(=O)C1=O. The molecule has 160 valence electrons. The second-order valence-corrected chi connectivity index (χ2v) is 7.58.